The van der Waals surface area contributed by atoms with Crippen LogP contribution in [0.15, 0.2) is 34.1 Å². The molecule has 0 radical (unpaired) electrons. The number of carbonyl (C=O) groups excluding carboxylic acids is 1. The summed E-state index contributed by atoms with van der Waals surface area (Å²) < 4.78 is 0.961. The van der Waals surface area contributed by atoms with E-state index >= 15 is 0 Å². The lowest BCUT2D eigenvalue weighted by molar-refractivity contribution is -0.126. The van der Waals surface area contributed by atoms with Crippen LogP contribution >= 0.6 is 27.3 Å². The SMILES string of the molecule is CC(N)(C(=O)NCc1nc(C2CC2)cs1)c1ccc(Br)cc1. The van der Waals surface area contributed by atoms with Crippen LogP contribution < -0.4 is 11.1 Å². The Morgan fingerprint density at radius 3 is 2.77 bits per heavy atom. The van der Waals surface area contributed by atoms with E-state index in [0.29, 0.717) is 12.5 Å². The van der Waals surface area contributed by atoms with Gasteiger partial charge < -0.3 is 11.1 Å². The molecule has 1 fully saturated rings. The van der Waals surface area contributed by atoms with E-state index in [0.717, 1.165) is 20.7 Å². The van der Waals surface area contributed by atoms with Crippen molar-refractivity contribution < 1.29 is 4.79 Å². The first-order chi connectivity index (χ1) is 10.5. The van der Waals surface area contributed by atoms with Gasteiger partial charge in [0.15, 0.2) is 0 Å². The highest BCUT2D eigenvalue weighted by atomic mass is 79.9. The predicted molar refractivity (Wildman–Crippen MR) is 91.6 cm³/mol. The summed E-state index contributed by atoms with van der Waals surface area (Å²) in [7, 11) is 0. The van der Waals surface area contributed by atoms with E-state index in [1.807, 2.05) is 24.3 Å². The minimum absolute atomic E-state index is 0.196. The quantitative estimate of drug-likeness (QED) is 0.837. The molecule has 1 atom stereocenters. The van der Waals surface area contributed by atoms with Crippen LogP contribution in [0, 0.1) is 0 Å². The van der Waals surface area contributed by atoms with Gasteiger partial charge in [0, 0.05) is 15.8 Å². The first kappa shape index (κ1) is 15.6. The topological polar surface area (TPSA) is 68.0 Å². The number of thiazole rings is 1. The molecule has 1 amide bonds. The lowest BCUT2D eigenvalue weighted by Gasteiger charge is -2.24. The molecule has 2 aromatic rings. The third-order valence-corrected chi connectivity index (χ3v) is 5.28. The van der Waals surface area contributed by atoms with Crippen LogP contribution in [-0.2, 0) is 16.9 Å². The van der Waals surface area contributed by atoms with Crippen LogP contribution in [0.5, 0.6) is 0 Å². The van der Waals surface area contributed by atoms with Gasteiger partial charge in [0.2, 0.25) is 5.91 Å². The van der Waals surface area contributed by atoms with E-state index in [9.17, 15) is 4.79 Å². The van der Waals surface area contributed by atoms with Gasteiger partial charge in [0.1, 0.15) is 10.5 Å². The summed E-state index contributed by atoms with van der Waals surface area (Å²) in [4.78, 5) is 17.0. The summed E-state index contributed by atoms with van der Waals surface area (Å²) in [6.07, 6.45) is 2.47. The van der Waals surface area contributed by atoms with Crippen molar-refractivity contribution in [3.8, 4) is 0 Å². The summed E-state index contributed by atoms with van der Waals surface area (Å²) in [5.41, 5.74) is 7.10. The van der Waals surface area contributed by atoms with Crippen LogP contribution in [0.3, 0.4) is 0 Å². The smallest absolute Gasteiger partial charge is 0.244 e. The molecular formula is C16H18BrN3OS. The highest BCUT2D eigenvalue weighted by Gasteiger charge is 2.30. The number of hydrogen-bond donors (Lipinski definition) is 2. The second-order valence-electron chi connectivity index (χ2n) is 5.83. The summed E-state index contributed by atoms with van der Waals surface area (Å²) in [5.74, 6) is 0.446. The Kier molecular flexibility index (Phi) is 4.34. The maximum Gasteiger partial charge on any atom is 0.244 e. The summed E-state index contributed by atoms with van der Waals surface area (Å²) >= 11 is 4.98. The Morgan fingerprint density at radius 1 is 1.45 bits per heavy atom. The van der Waals surface area contributed by atoms with Gasteiger partial charge in [0.05, 0.1) is 12.2 Å². The Labute approximate surface area is 142 Å². The van der Waals surface area contributed by atoms with Gasteiger partial charge in [0.25, 0.3) is 0 Å². The maximum atomic E-state index is 12.4. The van der Waals surface area contributed by atoms with Gasteiger partial charge in [-0.25, -0.2) is 4.98 Å². The zero-order valence-corrected chi connectivity index (χ0v) is 14.7. The van der Waals surface area contributed by atoms with E-state index < -0.39 is 5.54 Å². The number of aromatic nitrogens is 1. The predicted octanol–water partition coefficient (Wildman–Crippen LogP) is 3.27. The van der Waals surface area contributed by atoms with Crippen molar-refractivity contribution in [2.24, 2.45) is 5.73 Å². The Morgan fingerprint density at radius 2 is 2.14 bits per heavy atom. The minimum Gasteiger partial charge on any atom is -0.348 e. The maximum absolute atomic E-state index is 12.4. The summed E-state index contributed by atoms with van der Waals surface area (Å²) in [6.45, 7) is 2.16. The van der Waals surface area contributed by atoms with Crippen LogP contribution in [-0.4, -0.2) is 10.9 Å². The molecule has 1 aromatic heterocycles. The fraction of sp³-hybridized carbons (Fsp3) is 0.375. The highest BCUT2D eigenvalue weighted by Crippen LogP contribution is 2.40. The third kappa shape index (κ3) is 3.39. The van der Waals surface area contributed by atoms with Gasteiger partial charge in [-0.1, -0.05) is 28.1 Å². The molecule has 116 valence electrons. The standard InChI is InChI=1S/C16H18BrN3OS/c1-16(18,11-4-6-12(17)7-5-11)15(21)19-8-14-20-13(9-22-14)10-2-3-10/h4-7,9-10H,2-3,8,18H2,1H3,(H,19,21). The van der Waals surface area contributed by atoms with Crippen LogP contribution in [0.25, 0.3) is 0 Å². The summed E-state index contributed by atoms with van der Waals surface area (Å²) in [6, 6.07) is 7.49. The molecule has 4 nitrogen and oxygen atoms in total. The van der Waals surface area contributed by atoms with Crippen molar-refractivity contribution in [3.63, 3.8) is 0 Å². The molecule has 22 heavy (non-hydrogen) atoms. The molecule has 1 aliphatic carbocycles. The average molecular weight is 380 g/mol. The van der Waals surface area contributed by atoms with E-state index in [1.54, 1.807) is 18.3 Å². The molecule has 1 unspecified atom stereocenters. The van der Waals surface area contributed by atoms with Gasteiger partial charge in [-0.2, -0.15) is 0 Å². The van der Waals surface area contributed by atoms with E-state index in [-0.39, 0.29) is 5.91 Å². The molecule has 6 heteroatoms. The molecule has 0 saturated heterocycles. The van der Waals surface area contributed by atoms with Gasteiger partial charge in [-0.15, -0.1) is 11.3 Å². The number of nitrogens with zero attached hydrogens (tertiary/aromatic N) is 1. The first-order valence-electron chi connectivity index (χ1n) is 7.24. The van der Waals surface area contributed by atoms with E-state index in [1.165, 1.54) is 12.8 Å². The van der Waals surface area contributed by atoms with Crippen molar-refractivity contribution in [2.45, 2.75) is 37.8 Å². The second-order valence-corrected chi connectivity index (χ2v) is 7.69. The highest BCUT2D eigenvalue weighted by molar-refractivity contribution is 9.10. The molecule has 0 bridgehead atoms. The molecule has 1 aromatic carbocycles. The summed E-state index contributed by atoms with van der Waals surface area (Å²) in [5, 5.41) is 5.92. The van der Waals surface area contributed by atoms with Crippen LogP contribution in [0.1, 0.15) is 41.9 Å². The van der Waals surface area contributed by atoms with Crippen molar-refractivity contribution in [3.05, 3.63) is 50.4 Å². The molecule has 3 rings (SSSR count). The van der Waals surface area contributed by atoms with E-state index in [4.69, 9.17) is 5.73 Å². The van der Waals surface area contributed by atoms with Crippen LogP contribution in [0.4, 0.5) is 0 Å². The lowest BCUT2D eigenvalue weighted by Crippen LogP contribution is -2.48. The van der Waals surface area contributed by atoms with Gasteiger partial charge in [-0.3, -0.25) is 4.79 Å². The number of carbonyl (C=O) groups is 1. The monoisotopic (exact) mass is 379 g/mol. The number of amides is 1. The molecule has 0 spiro atoms. The van der Waals surface area contributed by atoms with Crippen molar-refractivity contribution in [1.29, 1.82) is 0 Å². The van der Waals surface area contributed by atoms with Crippen molar-refractivity contribution >= 4 is 33.2 Å². The Hall–Kier alpha value is -1.24. The zero-order valence-electron chi connectivity index (χ0n) is 12.3. The van der Waals surface area contributed by atoms with Gasteiger partial charge in [-0.05, 0) is 37.5 Å². The normalized spacial score (nSPS) is 17.0. The minimum atomic E-state index is -1.06. The Balaban J connectivity index is 1.63. The molecule has 1 heterocycles. The van der Waals surface area contributed by atoms with Crippen molar-refractivity contribution in [2.75, 3.05) is 0 Å². The van der Waals surface area contributed by atoms with Crippen molar-refractivity contribution in [1.82, 2.24) is 10.3 Å². The number of nitrogens with two attached hydrogens (primary N) is 1. The zero-order chi connectivity index (χ0) is 15.7. The number of benzene rings is 1. The second kappa shape index (κ2) is 6.10. The lowest BCUT2D eigenvalue weighted by atomic mass is 9.92. The molecule has 3 N–H and O–H groups in total. The molecule has 1 aliphatic rings. The van der Waals surface area contributed by atoms with Crippen LogP contribution in [0.2, 0.25) is 0 Å². The fourth-order valence-corrected chi connectivity index (χ4v) is 3.32. The van der Waals surface area contributed by atoms with E-state index in [2.05, 4.69) is 31.6 Å². The molecule has 0 aliphatic heterocycles. The first-order valence-corrected chi connectivity index (χ1v) is 8.91. The number of rotatable bonds is 5. The van der Waals surface area contributed by atoms with Gasteiger partial charge >= 0.3 is 0 Å². The third-order valence-electron chi connectivity index (χ3n) is 3.88. The fourth-order valence-electron chi connectivity index (χ4n) is 2.24. The molecule has 1 saturated carbocycles. The number of hydrogen-bond acceptors (Lipinski definition) is 4. The number of halogens is 1. The Bertz CT molecular complexity index is 677. The average Bonchev–Trinajstić information content (AvgIpc) is 3.24. The molecular weight excluding hydrogens is 362 g/mol. The number of nitrogens with one attached hydrogen (secondary N) is 1. The largest absolute Gasteiger partial charge is 0.348 e.